The Morgan fingerprint density at radius 1 is 1.33 bits per heavy atom. The summed E-state index contributed by atoms with van der Waals surface area (Å²) in [5, 5.41) is 21.3. The van der Waals surface area contributed by atoms with Gasteiger partial charge < -0.3 is 25.2 Å². The number of carbonyl (C=O) groups is 3. The zero-order chi connectivity index (χ0) is 16.0. The van der Waals surface area contributed by atoms with E-state index in [0.29, 0.717) is 32.4 Å². The number of carboxylic acids is 1. The van der Waals surface area contributed by atoms with Crippen molar-refractivity contribution in [1.29, 1.82) is 0 Å². The highest BCUT2D eigenvalue weighted by Gasteiger charge is 2.30. The van der Waals surface area contributed by atoms with E-state index in [1.165, 1.54) is 4.90 Å². The molecule has 8 nitrogen and oxygen atoms in total. The van der Waals surface area contributed by atoms with E-state index in [4.69, 9.17) is 5.11 Å². The van der Waals surface area contributed by atoms with Crippen LogP contribution in [0.3, 0.4) is 0 Å². The number of aliphatic carboxylic acids is 1. The van der Waals surface area contributed by atoms with Gasteiger partial charge in [-0.05, 0) is 26.2 Å². The number of methoxy groups -OCH3 is 1. The number of carbonyl (C=O) groups excluding carboxylic acids is 2. The molecule has 2 amide bonds. The average molecular weight is 302 g/mol. The van der Waals surface area contributed by atoms with Crippen LogP contribution < -0.4 is 5.32 Å². The van der Waals surface area contributed by atoms with Crippen LogP contribution in [0.2, 0.25) is 0 Å². The fourth-order valence-corrected chi connectivity index (χ4v) is 2.16. The first-order valence-corrected chi connectivity index (χ1v) is 6.82. The van der Waals surface area contributed by atoms with E-state index < -0.39 is 36.0 Å². The number of hydrogen-bond acceptors (Lipinski definition) is 5. The number of likely N-dealkylation sites (tertiary alicyclic amines) is 1. The summed E-state index contributed by atoms with van der Waals surface area (Å²) in [6, 6.07) is -1.88. The summed E-state index contributed by atoms with van der Waals surface area (Å²) < 4.78 is 4.40. The fraction of sp³-hybridized carbons (Fsp3) is 0.769. The number of ether oxygens (including phenoxy) is 1. The number of esters is 1. The molecule has 1 aliphatic rings. The molecule has 0 saturated carbocycles. The Kier molecular flexibility index (Phi) is 5.95. The van der Waals surface area contributed by atoms with Crippen LogP contribution in [0.25, 0.3) is 0 Å². The summed E-state index contributed by atoms with van der Waals surface area (Å²) in [5.41, 5.74) is -0.812. The lowest BCUT2D eigenvalue weighted by Gasteiger charge is -2.24. The topological polar surface area (TPSA) is 116 Å². The molecule has 1 saturated heterocycles. The molecule has 1 heterocycles. The molecule has 1 unspecified atom stereocenters. The van der Waals surface area contributed by atoms with Gasteiger partial charge in [0.25, 0.3) is 0 Å². The maximum atomic E-state index is 12.1. The molecule has 0 bridgehead atoms. The Morgan fingerprint density at radius 3 is 2.57 bits per heavy atom. The van der Waals surface area contributed by atoms with E-state index in [2.05, 4.69) is 10.1 Å². The summed E-state index contributed by atoms with van der Waals surface area (Å²) in [6.45, 7) is 2.49. The van der Waals surface area contributed by atoms with Crippen LogP contribution in [0, 0.1) is 0 Å². The molecule has 0 aromatic carbocycles. The van der Waals surface area contributed by atoms with E-state index in [9.17, 15) is 19.5 Å². The Hall–Kier alpha value is -1.83. The molecule has 3 N–H and O–H groups in total. The third kappa shape index (κ3) is 5.58. The van der Waals surface area contributed by atoms with Crippen molar-refractivity contribution in [1.82, 2.24) is 10.2 Å². The van der Waals surface area contributed by atoms with Gasteiger partial charge in [-0.1, -0.05) is 0 Å². The zero-order valence-electron chi connectivity index (χ0n) is 12.3. The maximum absolute atomic E-state index is 12.1. The quantitative estimate of drug-likeness (QED) is 0.627. The van der Waals surface area contributed by atoms with E-state index in [1.807, 2.05) is 0 Å². The fourth-order valence-electron chi connectivity index (χ4n) is 2.16. The molecule has 1 rings (SSSR count). The molecule has 1 fully saturated rings. The smallest absolute Gasteiger partial charge is 0.326 e. The maximum Gasteiger partial charge on any atom is 0.326 e. The molecule has 0 aromatic heterocycles. The molecule has 21 heavy (non-hydrogen) atoms. The van der Waals surface area contributed by atoms with Crippen LogP contribution in [0.4, 0.5) is 4.79 Å². The average Bonchev–Trinajstić information content (AvgIpc) is 2.58. The number of amides is 2. The Labute approximate surface area is 123 Å². The lowest BCUT2D eigenvalue weighted by atomic mass is 9.98. The Morgan fingerprint density at radius 2 is 2.00 bits per heavy atom. The second kappa shape index (κ2) is 7.26. The first-order valence-electron chi connectivity index (χ1n) is 6.82. The number of rotatable bonds is 4. The highest BCUT2D eigenvalue weighted by Crippen LogP contribution is 2.21. The SMILES string of the molecule is COC(=O)C[C@H](NC(=O)N1CCCC(C)(O)CC1)C(=O)O. The van der Waals surface area contributed by atoms with Gasteiger partial charge in [-0.25, -0.2) is 9.59 Å². The molecule has 0 aromatic rings. The number of urea groups is 1. The van der Waals surface area contributed by atoms with Crippen molar-refractivity contribution >= 4 is 18.0 Å². The normalized spacial score (nSPS) is 23.9. The molecule has 8 heteroatoms. The van der Waals surface area contributed by atoms with Crippen molar-refractivity contribution in [2.75, 3.05) is 20.2 Å². The molecule has 0 aliphatic carbocycles. The molecule has 0 spiro atoms. The lowest BCUT2D eigenvalue weighted by Crippen LogP contribution is -2.49. The molecular formula is C13H22N2O6. The van der Waals surface area contributed by atoms with Gasteiger partial charge in [0.1, 0.15) is 6.04 Å². The monoisotopic (exact) mass is 302 g/mol. The summed E-state index contributed by atoms with van der Waals surface area (Å²) in [4.78, 5) is 35.7. The van der Waals surface area contributed by atoms with Gasteiger partial charge in [0, 0.05) is 13.1 Å². The van der Waals surface area contributed by atoms with Gasteiger partial charge in [-0.3, -0.25) is 4.79 Å². The minimum atomic E-state index is -1.33. The minimum absolute atomic E-state index is 0.337. The van der Waals surface area contributed by atoms with E-state index >= 15 is 0 Å². The van der Waals surface area contributed by atoms with Gasteiger partial charge in [-0.15, -0.1) is 0 Å². The molecule has 1 aliphatic heterocycles. The van der Waals surface area contributed by atoms with Crippen molar-refractivity contribution in [3.63, 3.8) is 0 Å². The van der Waals surface area contributed by atoms with Crippen LogP contribution in [-0.4, -0.2) is 64.9 Å². The third-order valence-corrected chi connectivity index (χ3v) is 3.55. The first-order chi connectivity index (χ1) is 9.75. The van der Waals surface area contributed by atoms with Gasteiger partial charge in [0.05, 0.1) is 19.1 Å². The molecular weight excluding hydrogens is 280 g/mol. The van der Waals surface area contributed by atoms with E-state index in [0.717, 1.165) is 7.11 Å². The summed E-state index contributed by atoms with van der Waals surface area (Å²) >= 11 is 0. The van der Waals surface area contributed by atoms with Gasteiger partial charge >= 0.3 is 18.0 Å². The van der Waals surface area contributed by atoms with Crippen molar-refractivity contribution < 1.29 is 29.3 Å². The second-order valence-corrected chi connectivity index (χ2v) is 5.46. The molecule has 120 valence electrons. The number of nitrogens with one attached hydrogen (secondary N) is 1. The summed E-state index contributed by atoms with van der Waals surface area (Å²) in [6.07, 6.45) is 1.22. The number of aliphatic hydroxyl groups is 1. The Bertz CT molecular complexity index is 409. The number of nitrogens with zero attached hydrogens (tertiary/aromatic N) is 1. The highest BCUT2D eigenvalue weighted by atomic mass is 16.5. The van der Waals surface area contributed by atoms with E-state index in [-0.39, 0.29) is 0 Å². The number of carboxylic acid groups (broad SMARTS) is 1. The second-order valence-electron chi connectivity index (χ2n) is 5.46. The van der Waals surface area contributed by atoms with Gasteiger partial charge in [0.2, 0.25) is 0 Å². The summed E-state index contributed by atoms with van der Waals surface area (Å²) in [7, 11) is 1.15. The zero-order valence-corrected chi connectivity index (χ0v) is 12.3. The number of hydrogen-bond donors (Lipinski definition) is 3. The van der Waals surface area contributed by atoms with Crippen molar-refractivity contribution in [3.8, 4) is 0 Å². The molecule has 2 atom stereocenters. The standard InChI is InChI=1S/C13H22N2O6/c1-13(20)4-3-6-15(7-5-13)12(19)14-9(11(17)18)8-10(16)21-2/h9,20H,3-8H2,1-2H3,(H,14,19)(H,17,18)/t9-,13?/m0/s1. The van der Waals surface area contributed by atoms with Crippen LogP contribution >= 0.6 is 0 Å². The van der Waals surface area contributed by atoms with Crippen molar-refractivity contribution in [2.24, 2.45) is 0 Å². The van der Waals surface area contributed by atoms with Crippen LogP contribution in [-0.2, 0) is 14.3 Å². The van der Waals surface area contributed by atoms with Gasteiger partial charge in [0.15, 0.2) is 0 Å². The van der Waals surface area contributed by atoms with Crippen LogP contribution in [0.5, 0.6) is 0 Å². The summed E-state index contributed by atoms with van der Waals surface area (Å²) in [5.74, 6) is -2.00. The van der Waals surface area contributed by atoms with Crippen molar-refractivity contribution in [2.45, 2.75) is 44.2 Å². The van der Waals surface area contributed by atoms with Gasteiger partial charge in [-0.2, -0.15) is 0 Å². The Balaban J connectivity index is 2.60. The lowest BCUT2D eigenvalue weighted by molar-refractivity contribution is -0.147. The van der Waals surface area contributed by atoms with E-state index in [1.54, 1.807) is 6.92 Å². The predicted molar refractivity (Wildman–Crippen MR) is 72.6 cm³/mol. The highest BCUT2D eigenvalue weighted by molar-refractivity contribution is 5.86. The van der Waals surface area contributed by atoms with Crippen molar-refractivity contribution in [3.05, 3.63) is 0 Å². The predicted octanol–water partition coefficient (Wildman–Crippen LogP) is -0.0508. The van der Waals surface area contributed by atoms with Crippen LogP contribution in [0.1, 0.15) is 32.6 Å². The largest absolute Gasteiger partial charge is 0.480 e. The minimum Gasteiger partial charge on any atom is -0.480 e. The first kappa shape index (κ1) is 17.2. The van der Waals surface area contributed by atoms with Crippen LogP contribution in [0.15, 0.2) is 0 Å². The molecule has 0 radical (unpaired) electrons. The third-order valence-electron chi connectivity index (χ3n) is 3.55.